The van der Waals surface area contributed by atoms with Gasteiger partial charge in [-0.3, -0.25) is 9.89 Å². The van der Waals surface area contributed by atoms with Crippen LogP contribution in [0.25, 0.3) is 0 Å². The number of H-pyrrole nitrogens is 1. The molecule has 9 heteroatoms. The van der Waals surface area contributed by atoms with Gasteiger partial charge in [0.1, 0.15) is 5.82 Å². The summed E-state index contributed by atoms with van der Waals surface area (Å²) in [7, 11) is -3.48. The Hall–Kier alpha value is -2.26. The van der Waals surface area contributed by atoms with E-state index in [9.17, 15) is 13.2 Å². The van der Waals surface area contributed by atoms with Crippen LogP contribution in [0.3, 0.4) is 0 Å². The number of hydrogen-bond donors (Lipinski definition) is 1. The molecule has 3 aliphatic rings. The van der Waals surface area contributed by atoms with E-state index >= 15 is 0 Å². The summed E-state index contributed by atoms with van der Waals surface area (Å²) < 4.78 is 27.1. The van der Waals surface area contributed by atoms with E-state index in [1.54, 1.807) is 24.3 Å². The number of aromatic nitrogens is 3. The average molecular weight is 444 g/mol. The van der Waals surface area contributed by atoms with Gasteiger partial charge < -0.3 is 4.90 Å². The molecule has 166 valence electrons. The van der Waals surface area contributed by atoms with Crippen molar-refractivity contribution in [2.75, 3.05) is 26.2 Å². The van der Waals surface area contributed by atoms with Gasteiger partial charge in [-0.05, 0) is 50.7 Å². The highest BCUT2D eigenvalue weighted by molar-refractivity contribution is 7.89. The molecule has 2 aromatic rings. The largest absolute Gasteiger partial charge is 0.342 e. The lowest BCUT2D eigenvalue weighted by atomic mass is 9.92. The number of benzene rings is 1. The van der Waals surface area contributed by atoms with E-state index < -0.39 is 10.0 Å². The first-order chi connectivity index (χ1) is 15.0. The van der Waals surface area contributed by atoms with Crippen LogP contribution in [0.15, 0.2) is 35.2 Å². The number of nitrogens with one attached hydrogen (secondary N) is 1. The summed E-state index contributed by atoms with van der Waals surface area (Å²) >= 11 is 0. The molecule has 3 fully saturated rings. The molecule has 31 heavy (non-hydrogen) atoms. The highest BCUT2D eigenvalue weighted by atomic mass is 32.2. The van der Waals surface area contributed by atoms with Gasteiger partial charge in [-0.1, -0.05) is 18.2 Å². The van der Waals surface area contributed by atoms with Crippen LogP contribution >= 0.6 is 0 Å². The molecule has 0 radical (unpaired) electrons. The predicted octanol–water partition coefficient (Wildman–Crippen LogP) is 2.49. The normalized spacial score (nSPS) is 22.0. The summed E-state index contributed by atoms with van der Waals surface area (Å²) in [4.78, 5) is 20.0. The van der Waals surface area contributed by atoms with Gasteiger partial charge in [0, 0.05) is 43.9 Å². The second-order valence-electron chi connectivity index (χ2n) is 8.94. The summed E-state index contributed by atoms with van der Waals surface area (Å²) in [6.07, 6.45) is 5.33. The molecule has 2 saturated heterocycles. The van der Waals surface area contributed by atoms with Gasteiger partial charge in [0.2, 0.25) is 15.9 Å². The third-order valence-electron chi connectivity index (χ3n) is 6.84. The molecule has 0 atom stereocenters. The average Bonchev–Trinajstić information content (AvgIpc) is 3.56. The van der Waals surface area contributed by atoms with E-state index in [4.69, 9.17) is 0 Å². The Balaban J connectivity index is 1.13. The number of carbonyl (C=O) groups excluding carboxylic acids is 1. The minimum Gasteiger partial charge on any atom is -0.342 e. The van der Waals surface area contributed by atoms with E-state index in [2.05, 4.69) is 15.2 Å². The Morgan fingerprint density at radius 2 is 1.58 bits per heavy atom. The van der Waals surface area contributed by atoms with Crippen molar-refractivity contribution in [3.8, 4) is 0 Å². The second kappa shape index (κ2) is 8.35. The maximum atomic E-state index is 13.0. The van der Waals surface area contributed by atoms with Crippen LogP contribution in [0.4, 0.5) is 0 Å². The first kappa shape index (κ1) is 20.6. The number of amides is 1. The minimum absolute atomic E-state index is 0.0921. The van der Waals surface area contributed by atoms with Crippen LogP contribution in [-0.4, -0.2) is 64.9 Å². The Morgan fingerprint density at radius 1 is 0.903 bits per heavy atom. The molecular weight excluding hydrogens is 414 g/mol. The summed E-state index contributed by atoms with van der Waals surface area (Å²) in [5.74, 6) is 2.88. The van der Waals surface area contributed by atoms with Crippen LogP contribution in [0.2, 0.25) is 0 Å². The first-order valence-electron chi connectivity index (χ1n) is 11.3. The van der Waals surface area contributed by atoms with Crippen LogP contribution in [0.5, 0.6) is 0 Å². The van der Waals surface area contributed by atoms with Gasteiger partial charge in [0.25, 0.3) is 0 Å². The van der Waals surface area contributed by atoms with Crippen LogP contribution in [0, 0.1) is 5.92 Å². The number of carbonyl (C=O) groups is 1. The highest BCUT2D eigenvalue weighted by Crippen LogP contribution is 2.38. The fourth-order valence-electron chi connectivity index (χ4n) is 4.71. The van der Waals surface area contributed by atoms with Crippen LogP contribution in [-0.2, 0) is 14.8 Å². The first-order valence-corrected chi connectivity index (χ1v) is 12.7. The zero-order chi connectivity index (χ0) is 21.4. The molecule has 3 heterocycles. The lowest BCUT2D eigenvalue weighted by Gasteiger charge is -2.36. The van der Waals surface area contributed by atoms with Gasteiger partial charge in [0.05, 0.1) is 4.90 Å². The van der Waals surface area contributed by atoms with Gasteiger partial charge in [-0.2, -0.15) is 9.40 Å². The summed E-state index contributed by atoms with van der Waals surface area (Å²) in [6.45, 7) is 2.25. The smallest absolute Gasteiger partial charge is 0.243 e. The van der Waals surface area contributed by atoms with Crippen molar-refractivity contribution in [2.24, 2.45) is 5.92 Å². The predicted molar refractivity (Wildman–Crippen MR) is 115 cm³/mol. The van der Waals surface area contributed by atoms with E-state index in [1.807, 2.05) is 11.0 Å². The van der Waals surface area contributed by atoms with Crippen molar-refractivity contribution < 1.29 is 13.2 Å². The molecule has 1 amide bonds. The molecule has 0 bridgehead atoms. The van der Waals surface area contributed by atoms with Crippen molar-refractivity contribution in [1.29, 1.82) is 0 Å². The molecule has 1 aliphatic carbocycles. The molecule has 1 aromatic carbocycles. The zero-order valence-electron chi connectivity index (χ0n) is 17.6. The van der Waals surface area contributed by atoms with Crippen molar-refractivity contribution >= 4 is 15.9 Å². The van der Waals surface area contributed by atoms with Crippen molar-refractivity contribution in [3.05, 3.63) is 42.0 Å². The van der Waals surface area contributed by atoms with Gasteiger partial charge in [-0.15, -0.1) is 0 Å². The number of nitrogens with zero attached hydrogens (tertiary/aromatic N) is 4. The summed E-state index contributed by atoms with van der Waals surface area (Å²) in [6, 6.07) is 8.52. The Bertz CT molecular complexity index is 1020. The molecule has 5 rings (SSSR count). The molecule has 0 spiro atoms. The Labute approximate surface area is 183 Å². The lowest BCUT2D eigenvalue weighted by Crippen LogP contribution is -2.46. The monoisotopic (exact) mass is 443 g/mol. The van der Waals surface area contributed by atoms with Crippen LogP contribution < -0.4 is 0 Å². The molecule has 1 N–H and O–H groups in total. The molecule has 0 unspecified atom stereocenters. The number of aromatic amines is 1. The van der Waals surface area contributed by atoms with Crippen molar-refractivity contribution in [2.45, 2.75) is 55.3 Å². The Kier molecular flexibility index (Phi) is 5.56. The van der Waals surface area contributed by atoms with Gasteiger partial charge in [-0.25, -0.2) is 13.4 Å². The van der Waals surface area contributed by atoms with E-state index in [-0.39, 0.29) is 11.8 Å². The second-order valence-corrected chi connectivity index (χ2v) is 10.9. The molecule has 8 nitrogen and oxygen atoms in total. The molecule has 2 aliphatic heterocycles. The Morgan fingerprint density at radius 3 is 2.23 bits per heavy atom. The third kappa shape index (κ3) is 4.25. The number of rotatable bonds is 5. The number of sulfonamides is 1. The topological polar surface area (TPSA) is 99.3 Å². The molecule has 1 saturated carbocycles. The summed E-state index contributed by atoms with van der Waals surface area (Å²) in [5.41, 5.74) is 0. The number of hydrogen-bond acceptors (Lipinski definition) is 5. The lowest BCUT2D eigenvalue weighted by molar-refractivity contribution is -0.137. The van der Waals surface area contributed by atoms with E-state index in [1.165, 1.54) is 17.1 Å². The SMILES string of the molecule is O=C(C1CCN(S(=O)(=O)c2ccccc2)CC1)N1CCC(c2nc(C3CC3)n[nH]2)CC1. The quantitative estimate of drug-likeness (QED) is 0.765. The maximum Gasteiger partial charge on any atom is 0.243 e. The fourth-order valence-corrected chi connectivity index (χ4v) is 6.20. The van der Waals surface area contributed by atoms with E-state index in [0.29, 0.717) is 42.7 Å². The number of likely N-dealkylation sites (tertiary alicyclic amines) is 1. The molecule has 1 aromatic heterocycles. The van der Waals surface area contributed by atoms with Gasteiger partial charge in [0.15, 0.2) is 5.82 Å². The van der Waals surface area contributed by atoms with Crippen LogP contribution in [0.1, 0.15) is 62.0 Å². The zero-order valence-corrected chi connectivity index (χ0v) is 18.4. The highest BCUT2D eigenvalue weighted by Gasteiger charge is 2.35. The van der Waals surface area contributed by atoms with Gasteiger partial charge >= 0.3 is 0 Å². The van der Waals surface area contributed by atoms with Crippen molar-refractivity contribution in [1.82, 2.24) is 24.4 Å². The number of piperidine rings is 2. The third-order valence-corrected chi connectivity index (χ3v) is 8.75. The maximum absolute atomic E-state index is 13.0. The summed E-state index contributed by atoms with van der Waals surface area (Å²) in [5, 5.41) is 7.47. The standard InChI is InChI=1S/C22H29N5O3S/c28-22(18-10-14-27(15-11-18)31(29,30)19-4-2-1-3-5-19)26-12-8-17(9-13-26)21-23-20(24-25-21)16-6-7-16/h1-5,16-18H,6-15H2,(H,23,24,25). The van der Waals surface area contributed by atoms with Crippen molar-refractivity contribution in [3.63, 3.8) is 0 Å². The minimum atomic E-state index is -3.48. The molecular formula is C22H29N5O3S. The van der Waals surface area contributed by atoms with E-state index in [0.717, 1.165) is 37.6 Å². The fraction of sp³-hybridized carbons (Fsp3) is 0.591.